The number of carbonyl (C=O) groups is 3. The monoisotopic (exact) mass is 554 g/mol. The molecule has 0 radical (unpaired) electrons. The van der Waals surface area contributed by atoms with Gasteiger partial charge in [0, 0.05) is 23.0 Å². The Hall–Kier alpha value is -3.50. The Kier molecular flexibility index (Phi) is 8.96. The first kappa shape index (κ1) is 27.5. The number of nitrogens with one attached hydrogen (secondary N) is 3. The zero-order valence-electron chi connectivity index (χ0n) is 21.3. The van der Waals surface area contributed by atoms with E-state index < -0.39 is 11.9 Å². The smallest absolute Gasteiger partial charge is 0.267 e. The van der Waals surface area contributed by atoms with Gasteiger partial charge in [0.2, 0.25) is 5.91 Å². The number of aromatic nitrogens is 2. The second-order valence-corrected chi connectivity index (χ2v) is 11.1. The maximum absolute atomic E-state index is 13.2. The Bertz CT molecular complexity index is 1320. The van der Waals surface area contributed by atoms with Crippen LogP contribution in [0.1, 0.15) is 75.8 Å². The van der Waals surface area contributed by atoms with Crippen LogP contribution in [0.3, 0.4) is 0 Å². The Morgan fingerprint density at radius 1 is 1.16 bits per heavy atom. The topological polar surface area (TPSA) is 139 Å². The van der Waals surface area contributed by atoms with Gasteiger partial charge in [-0.25, -0.2) is 0 Å². The molecular formula is C27H31ClN6O3S. The van der Waals surface area contributed by atoms with E-state index in [1.165, 1.54) is 23.6 Å². The third-order valence-corrected chi connectivity index (χ3v) is 8.12. The highest BCUT2D eigenvalue weighted by atomic mass is 35.5. The highest BCUT2D eigenvalue weighted by Gasteiger charge is 2.28. The molecule has 1 saturated carbocycles. The first-order chi connectivity index (χ1) is 18.2. The summed E-state index contributed by atoms with van der Waals surface area (Å²) in [7, 11) is 0. The molecular weight excluding hydrogens is 524 g/mol. The number of hydrogen-bond donors (Lipinski definition) is 4. The number of amides is 3. The molecule has 1 aliphatic rings. The van der Waals surface area contributed by atoms with Crippen LogP contribution in [0.2, 0.25) is 5.02 Å². The first-order valence-electron chi connectivity index (χ1n) is 12.6. The summed E-state index contributed by atoms with van der Waals surface area (Å²) in [5.41, 5.74) is 7.41. The van der Waals surface area contributed by atoms with Gasteiger partial charge >= 0.3 is 0 Å². The van der Waals surface area contributed by atoms with E-state index in [0.29, 0.717) is 27.9 Å². The summed E-state index contributed by atoms with van der Waals surface area (Å²) in [6, 6.07) is 7.69. The van der Waals surface area contributed by atoms with Gasteiger partial charge in [0.1, 0.15) is 11.7 Å². The van der Waals surface area contributed by atoms with Crippen molar-refractivity contribution >= 4 is 52.0 Å². The molecule has 9 nitrogen and oxygen atoms in total. The molecule has 11 heteroatoms. The molecule has 0 aliphatic heterocycles. The largest absolute Gasteiger partial charge is 0.376 e. The fourth-order valence-electron chi connectivity index (χ4n) is 4.58. The van der Waals surface area contributed by atoms with Gasteiger partial charge in [-0.05, 0) is 56.5 Å². The second-order valence-electron chi connectivity index (χ2n) is 9.55. The number of hydrogen-bond acceptors (Lipinski definition) is 7. The Labute approximate surface area is 230 Å². The van der Waals surface area contributed by atoms with E-state index in [9.17, 15) is 14.4 Å². The van der Waals surface area contributed by atoms with Crippen LogP contribution in [-0.4, -0.2) is 33.7 Å². The average molecular weight is 555 g/mol. The molecule has 1 fully saturated rings. The molecule has 3 aromatic rings. The Balaban J connectivity index is 1.45. The molecule has 2 unspecified atom stereocenters. The zero-order valence-corrected chi connectivity index (χ0v) is 22.9. The lowest BCUT2D eigenvalue weighted by Crippen LogP contribution is -2.44. The number of primary amides is 1. The third kappa shape index (κ3) is 7.08. The SMILES string of the molecule is Cc1ncc(Cl)cc1NC(C)c1ccc(C(=O)NC(CC2CCCC2)C(=O)Nc2ccnc(C(N)=O)c2)s1. The molecule has 0 aromatic carbocycles. The fraction of sp³-hybridized carbons (Fsp3) is 0.370. The molecule has 0 saturated heterocycles. The first-order valence-corrected chi connectivity index (χ1v) is 13.7. The van der Waals surface area contributed by atoms with E-state index >= 15 is 0 Å². The van der Waals surface area contributed by atoms with E-state index in [1.54, 1.807) is 18.3 Å². The molecule has 3 amide bonds. The predicted molar refractivity (Wildman–Crippen MR) is 150 cm³/mol. The quantitative estimate of drug-likeness (QED) is 0.275. The Morgan fingerprint density at radius 3 is 2.66 bits per heavy atom. The molecule has 5 N–H and O–H groups in total. The lowest BCUT2D eigenvalue weighted by atomic mass is 9.97. The van der Waals surface area contributed by atoms with Crippen molar-refractivity contribution in [3.05, 3.63) is 68.9 Å². The predicted octanol–water partition coefficient (Wildman–Crippen LogP) is 5.09. The van der Waals surface area contributed by atoms with E-state index in [2.05, 4.69) is 25.9 Å². The summed E-state index contributed by atoms with van der Waals surface area (Å²) in [6.07, 6.45) is 7.87. The van der Waals surface area contributed by atoms with Crippen molar-refractivity contribution in [2.75, 3.05) is 10.6 Å². The highest BCUT2D eigenvalue weighted by Crippen LogP contribution is 2.30. The Morgan fingerprint density at radius 2 is 1.92 bits per heavy atom. The van der Waals surface area contributed by atoms with Crippen molar-refractivity contribution in [2.24, 2.45) is 11.7 Å². The number of nitrogens with zero attached hydrogens (tertiary/aromatic N) is 2. The third-order valence-electron chi connectivity index (χ3n) is 6.65. The summed E-state index contributed by atoms with van der Waals surface area (Å²) in [5, 5.41) is 9.68. The van der Waals surface area contributed by atoms with Crippen molar-refractivity contribution in [3.63, 3.8) is 0 Å². The maximum Gasteiger partial charge on any atom is 0.267 e. The minimum Gasteiger partial charge on any atom is -0.376 e. The van der Waals surface area contributed by atoms with Crippen LogP contribution in [0.4, 0.5) is 11.4 Å². The summed E-state index contributed by atoms with van der Waals surface area (Å²) in [4.78, 5) is 47.6. The zero-order chi connectivity index (χ0) is 27.2. The molecule has 38 heavy (non-hydrogen) atoms. The summed E-state index contributed by atoms with van der Waals surface area (Å²) < 4.78 is 0. The minimum absolute atomic E-state index is 0.0526. The van der Waals surface area contributed by atoms with E-state index in [0.717, 1.165) is 41.9 Å². The van der Waals surface area contributed by atoms with Crippen molar-refractivity contribution in [1.29, 1.82) is 0 Å². The fourth-order valence-corrected chi connectivity index (χ4v) is 5.65. The summed E-state index contributed by atoms with van der Waals surface area (Å²) >= 11 is 7.45. The molecule has 1 aliphatic carbocycles. The number of thiophene rings is 1. The molecule has 0 bridgehead atoms. The van der Waals surface area contributed by atoms with Gasteiger partial charge in [0.15, 0.2) is 0 Å². The van der Waals surface area contributed by atoms with Crippen molar-refractivity contribution in [1.82, 2.24) is 15.3 Å². The number of rotatable bonds is 10. The van der Waals surface area contributed by atoms with Gasteiger partial charge in [-0.15, -0.1) is 11.3 Å². The number of aryl methyl sites for hydroxylation is 1. The van der Waals surface area contributed by atoms with Crippen LogP contribution < -0.4 is 21.7 Å². The van der Waals surface area contributed by atoms with Gasteiger partial charge in [-0.3, -0.25) is 24.4 Å². The number of halogens is 1. The summed E-state index contributed by atoms with van der Waals surface area (Å²) in [5.74, 6) is -0.972. The van der Waals surface area contributed by atoms with Crippen LogP contribution in [0, 0.1) is 12.8 Å². The number of nitrogens with two attached hydrogens (primary N) is 1. The van der Waals surface area contributed by atoms with Crippen LogP contribution >= 0.6 is 22.9 Å². The molecule has 2 atom stereocenters. The van der Waals surface area contributed by atoms with Crippen molar-refractivity contribution < 1.29 is 14.4 Å². The van der Waals surface area contributed by atoms with Gasteiger partial charge in [-0.2, -0.15) is 0 Å². The van der Waals surface area contributed by atoms with Crippen LogP contribution in [0.15, 0.2) is 42.7 Å². The minimum atomic E-state index is -0.725. The second kappa shape index (κ2) is 12.4. The summed E-state index contributed by atoms with van der Waals surface area (Å²) in [6.45, 7) is 3.90. The van der Waals surface area contributed by atoms with Crippen molar-refractivity contribution in [2.45, 2.75) is 58.0 Å². The van der Waals surface area contributed by atoms with Crippen LogP contribution in [0.5, 0.6) is 0 Å². The maximum atomic E-state index is 13.2. The van der Waals surface area contributed by atoms with E-state index in [1.807, 2.05) is 26.0 Å². The highest BCUT2D eigenvalue weighted by molar-refractivity contribution is 7.14. The van der Waals surface area contributed by atoms with Crippen LogP contribution in [-0.2, 0) is 4.79 Å². The normalized spacial score (nSPS) is 15.0. The molecule has 4 rings (SSSR count). The molecule has 3 heterocycles. The van der Waals surface area contributed by atoms with Gasteiger partial charge in [0.25, 0.3) is 11.8 Å². The lowest BCUT2D eigenvalue weighted by Gasteiger charge is -2.21. The van der Waals surface area contributed by atoms with Gasteiger partial charge < -0.3 is 21.7 Å². The lowest BCUT2D eigenvalue weighted by molar-refractivity contribution is -0.118. The number of carbonyl (C=O) groups excluding carboxylic acids is 3. The molecule has 3 aromatic heterocycles. The molecule has 200 valence electrons. The molecule has 0 spiro atoms. The number of anilines is 2. The van der Waals surface area contributed by atoms with Gasteiger partial charge in [0.05, 0.1) is 27.3 Å². The van der Waals surface area contributed by atoms with E-state index in [4.69, 9.17) is 17.3 Å². The average Bonchev–Trinajstić information content (AvgIpc) is 3.58. The standard InChI is InChI=1S/C27H31ClN6O3S/c1-15-20(12-18(28)14-31-15)32-16(2)23-7-8-24(38-23)27(37)34-22(11-17-5-3-4-6-17)26(36)33-19-9-10-30-21(13-19)25(29)35/h7-10,12-14,16-17,22,32H,3-6,11H2,1-2H3,(H2,29,35)(H,34,37)(H,30,33,36). The van der Waals surface area contributed by atoms with Crippen molar-refractivity contribution in [3.8, 4) is 0 Å². The van der Waals surface area contributed by atoms with Gasteiger partial charge in [-0.1, -0.05) is 37.3 Å². The van der Waals surface area contributed by atoms with E-state index in [-0.39, 0.29) is 23.6 Å². The van der Waals surface area contributed by atoms with Crippen LogP contribution in [0.25, 0.3) is 0 Å². The number of pyridine rings is 2.